The molecule has 1 saturated carbocycles. The second-order valence-electron chi connectivity index (χ2n) is 5.51. The Morgan fingerprint density at radius 3 is 2.69 bits per heavy atom. The second-order valence-corrected chi connectivity index (χ2v) is 5.51. The molecular weight excluding hydrogens is 208 g/mol. The minimum atomic E-state index is -0.452. The molecule has 0 aromatic rings. The summed E-state index contributed by atoms with van der Waals surface area (Å²) in [6.45, 7) is 6.21. The molecule has 2 atom stereocenters. The summed E-state index contributed by atoms with van der Waals surface area (Å²) in [4.78, 5) is 13.6. The zero-order chi connectivity index (χ0) is 11.9. The Bertz CT molecular complexity index is 333. The van der Waals surface area contributed by atoms with Gasteiger partial charge in [0.25, 0.3) is 0 Å². The Labute approximate surface area is 95.1 Å². The SMILES string of the molecule is CC(C)(C)OC(=O)N1CC2CC1CC2=NO. The molecule has 2 rings (SSSR count). The molecule has 2 unspecified atom stereocenters. The van der Waals surface area contributed by atoms with Crippen LogP contribution < -0.4 is 0 Å². The van der Waals surface area contributed by atoms with E-state index in [2.05, 4.69) is 5.16 Å². The normalized spacial score (nSPS) is 31.2. The molecular formula is C11H18N2O3. The van der Waals surface area contributed by atoms with Gasteiger partial charge in [0.2, 0.25) is 0 Å². The third kappa shape index (κ3) is 1.99. The lowest BCUT2D eigenvalue weighted by Crippen LogP contribution is -2.43. The third-order valence-corrected chi connectivity index (χ3v) is 3.09. The maximum atomic E-state index is 11.8. The molecule has 0 spiro atoms. The summed E-state index contributed by atoms with van der Waals surface area (Å²) < 4.78 is 5.33. The number of rotatable bonds is 0. The van der Waals surface area contributed by atoms with Gasteiger partial charge in [-0.25, -0.2) is 4.79 Å². The number of amides is 1. The van der Waals surface area contributed by atoms with E-state index in [9.17, 15) is 4.79 Å². The number of ether oxygens (including phenoxy) is 1. The summed E-state index contributed by atoms with van der Waals surface area (Å²) in [5.74, 6) is 0.225. The van der Waals surface area contributed by atoms with Crippen LogP contribution in [0.3, 0.4) is 0 Å². The van der Waals surface area contributed by atoms with Crippen molar-refractivity contribution in [3.8, 4) is 0 Å². The lowest BCUT2D eigenvalue weighted by Gasteiger charge is -2.30. The largest absolute Gasteiger partial charge is 0.444 e. The van der Waals surface area contributed by atoms with Crippen LogP contribution in [0, 0.1) is 5.92 Å². The number of carbonyl (C=O) groups excluding carboxylic acids is 1. The van der Waals surface area contributed by atoms with Crippen molar-refractivity contribution in [3.05, 3.63) is 0 Å². The molecule has 0 radical (unpaired) electrons. The molecule has 1 aliphatic heterocycles. The Morgan fingerprint density at radius 2 is 2.25 bits per heavy atom. The van der Waals surface area contributed by atoms with Gasteiger partial charge in [0, 0.05) is 24.9 Å². The summed E-state index contributed by atoms with van der Waals surface area (Å²) in [5.41, 5.74) is 0.372. The van der Waals surface area contributed by atoms with Crippen molar-refractivity contribution in [1.82, 2.24) is 4.90 Å². The van der Waals surface area contributed by atoms with Gasteiger partial charge in [-0.1, -0.05) is 5.16 Å². The second kappa shape index (κ2) is 3.64. The quantitative estimate of drug-likeness (QED) is 0.506. The summed E-state index contributed by atoms with van der Waals surface area (Å²) >= 11 is 0. The van der Waals surface area contributed by atoms with Crippen molar-refractivity contribution < 1.29 is 14.7 Å². The van der Waals surface area contributed by atoms with E-state index in [1.165, 1.54) is 0 Å². The molecule has 0 aromatic heterocycles. The van der Waals surface area contributed by atoms with E-state index in [0.717, 1.165) is 12.1 Å². The standard InChI is InChI=1S/C11H18N2O3/c1-11(2,3)16-10(14)13-6-7-4-8(13)5-9(7)12-15/h7-8,15H,4-6H2,1-3H3. The van der Waals surface area contributed by atoms with Crippen LogP contribution in [0.5, 0.6) is 0 Å². The van der Waals surface area contributed by atoms with Gasteiger partial charge in [0.05, 0.1) is 5.71 Å². The van der Waals surface area contributed by atoms with Crippen LogP contribution in [0.25, 0.3) is 0 Å². The molecule has 1 aliphatic carbocycles. The minimum Gasteiger partial charge on any atom is -0.444 e. The molecule has 0 aromatic carbocycles. The van der Waals surface area contributed by atoms with Gasteiger partial charge in [-0.2, -0.15) is 0 Å². The Hall–Kier alpha value is -1.26. The number of carbonyl (C=O) groups is 1. The van der Waals surface area contributed by atoms with E-state index in [1.807, 2.05) is 20.8 Å². The number of hydrogen-bond donors (Lipinski definition) is 1. The van der Waals surface area contributed by atoms with Gasteiger partial charge in [-0.15, -0.1) is 0 Å². The van der Waals surface area contributed by atoms with Crippen LogP contribution in [0.4, 0.5) is 4.79 Å². The van der Waals surface area contributed by atoms with Gasteiger partial charge in [0.1, 0.15) is 5.60 Å². The first-order chi connectivity index (χ1) is 7.40. The number of fused-ring (bicyclic) bond motifs is 2. The van der Waals surface area contributed by atoms with E-state index in [4.69, 9.17) is 9.94 Å². The van der Waals surface area contributed by atoms with Crippen molar-refractivity contribution in [1.29, 1.82) is 0 Å². The van der Waals surface area contributed by atoms with E-state index in [1.54, 1.807) is 4.90 Å². The molecule has 1 amide bonds. The zero-order valence-electron chi connectivity index (χ0n) is 9.93. The van der Waals surface area contributed by atoms with E-state index < -0.39 is 5.60 Å². The molecule has 16 heavy (non-hydrogen) atoms. The molecule has 1 heterocycles. The fraction of sp³-hybridized carbons (Fsp3) is 0.818. The molecule has 2 aliphatic rings. The average molecular weight is 226 g/mol. The molecule has 90 valence electrons. The Kier molecular flexibility index (Phi) is 2.56. The van der Waals surface area contributed by atoms with Crippen LogP contribution in [0.1, 0.15) is 33.6 Å². The van der Waals surface area contributed by atoms with Crippen LogP contribution in [-0.2, 0) is 4.74 Å². The Morgan fingerprint density at radius 1 is 1.56 bits per heavy atom. The fourth-order valence-electron chi connectivity index (χ4n) is 2.43. The highest BCUT2D eigenvalue weighted by Gasteiger charge is 2.46. The summed E-state index contributed by atoms with van der Waals surface area (Å²) in [5, 5.41) is 12.0. The summed E-state index contributed by atoms with van der Waals surface area (Å²) in [6, 6.07) is 0.158. The van der Waals surface area contributed by atoms with E-state index in [0.29, 0.717) is 13.0 Å². The maximum Gasteiger partial charge on any atom is 0.410 e. The number of hydrogen-bond acceptors (Lipinski definition) is 4. The van der Waals surface area contributed by atoms with E-state index >= 15 is 0 Å². The first-order valence-electron chi connectivity index (χ1n) is 5.61. The van der Waals surface area contributed by atoms with Crippen LogP contribution in [-0.4, -0.2) is 40.1 Å². The average Bonchev–Trinajstić information content (AvgIpc) is 2.72. The molecule has 1 N–H and O–H groups in total. The molecule has 5 heteroatoms. The van der Waals surface area contributed by atoms with Crippen LogP contribution in [0.2, 0.25) is 0 Å². The summed E-state index contributed by atoms with van der Waals surface area (Å²) in [7, 11) is 0. The number of piperidine rings is 1. The number of oxime groups is 1. The topological polar surface area (TPSA) is 62.1 Å². The van der Waals surface area contributed by atoms with Crippen molar-refractivity contribution in [2.24, 2.45) is 11.1 Å². The molecule has 2 fully saturated rings. The third-order valence-electron chi connectivity index (χ3n) is 3.09. The lowest BCUT2D eigenvalue weighted by atomic mass is 10.1. The summed E-state index contributed by atoms with van der Waals surface area (Å²) in [6.07, 6.45) is 1.33. The highest BCUT2D eigenvalue weighted by atomic mass is 16.6. The number of likely N-dealkylation sites (tertiary alicyclic amines) is 1. The van der Waals surface area contributed by atoms with Crippen molar-refractivity contribution in [2.75, 3.05) is 6.54 Å². The van der Waals surface area contributed by atoms with Crippen LogP contribution >= 0.6 is 0 Å². The first-order valence-corrected chi connectivity index (χ1v) is 5.61. The highest BCUT2D eigenvalue weighted by Crippen LogP contribution is 2.36. The highest BCUT2D eigenvalue weighted by molar-refractivity contribution is 5.91. The van der Waals surface area contributed by atoms with Crippen molar-refractivity contribution in [2.45, 2.75) is 45.3 Å². The van der Waals surface area contributed by atoms with Gasteiger partial charge in [0.15, 0.2) is 0 Å². The van der Waals surface area contributed by atoms with Crippen LogP contribution in [0.15, 0.2) is 5.16 Å². The predicted octanol–water partition coefficient (Wildman–Crippen LogP) is 1.85. The van der Waals surface area contributed by atoms with Crippen molar-refractivity contribution in [3.63, 3.8) is 0 Å². The minimum absolute atomic E-state index is 0.158. The number of nitrogens with zero attached hydrogens (tertiary/aromatic N) is 2. The van der Waals surface area contributed by atoms with E-state index in [-0.39, 0.29) is 18.1 Å². The molecule has 1 saturated heterocycles. The Balaban J connectivity index is 1.98. The molecule has 5 nitrogen and oxygen atoms in total. The van der Waals surface area contributed by atoms with Gasteiger partial charge >= 0.3 is 6.09 Å². The fourth-order valence-corrected chi connectivity index (χ4v) is 2.43. The molecule has 2 bridgehead atoms. The lowest BCUT2D eigenvalue weighted by molar-refractivity contribution is 0.0219. The van der Waals surface area contributed by atoms with Gasteiger partial charge in [-0.05, 0) is 27.2 Å². The smallest absolute Gasteiger partial charge is 0.410 e. The predicted molar refractivity (Wildman–Crippen MR) is 58.7 cm³/mol. The van der Waals surface area contributed by atoms with Gasteiger partial charge in [-0.3, -0.25) is 0 Å². The first kappa shape index (κ1) is 11.2. The van der Waals surface area contributed by atoms with Crippen molar-refractivity contribution >= 4 is 11.8 Å². The monoisotopic (exact) mass is 226 g/mol. The van der Waals surface area contributed by atoms with Gasteiger partial charge < -0.3 is 14.8 Å². The maximum absolute atomic E-state index is 11.8. The zero-order valence-corrected chi connectivity index (χ0v) is 9.93.